The van der Waals surface area contributed by atoms with Crippen LogP contribution in [0.5, 0.6) is 5.75 Å². The van der Waals surface area contributed by atoms with E-state index in [1.54, 1.807) is 24.3 Å². The number of anilines is 1. The van der Waals surface area contributed by atoms with Gasteiger partial charge in [0.05, 0.1) is 15.2 Å². The number of carbonyl (C=O) groups is 3. The minimum Gasteiger partial charge on any atom is -0.482 e. The summed E-state index contributed by atoms with van der Waals surface area (Å²) in [6.07, 6.45) is 3.16. The van der Waals surface area contributed by atoms with E-state index >= 15 is 0 Å². The lowest BCUT2D eigenvalue weighted by atomic mass is 9.63. The maximum absolute atomic E-state index is 14.1. The number of Topliss-reactive ketones (excluding diaryl/α,β-unsaturated/α-hetero) is 2. The highest BCUT2D eigenvalue weighted by molar-refractivity contribution is 9.11. The van der Waals surface area contributed by atoms with Crippen LogP contribution >= 0.6 is 43.5 Å². The van der Waals surface area contributed by atoms with Crippen LogP contribution in [0.25, 0.3) is 0 Å². The molecule has 2 aromatic carbocycles. The van der Waals surface area contributed by atoms with Gasteiger partial charge in [-0.3, -0.25) is 14.4 Å². The molecule has 228 valence electrons. The van der Waals surface area contributed by atoms with E-state index in [1.165, 1.54) is 0 Å². The number of ketones is 2. The molecule has 0 fully saturated rings. The lowest BCUT2D eigenvalue weighted by Gasteiger charge is -2.49. The Hall–Kier alpha value is -2.42. The zero-order valence-electron chi connectivity index (χ0n) is 25.2. The summed E-state index contributed by atoms with van der Waals surface area (Å²) in [5.41, 5.74) is 4.15. The molecule has 5 rings (SSSR count). The lowest BCUT2D eigenvalue weighted by molar-refractivity contribution is -0.120. The second-order valence-corrected chi connectivity index (χ2v) is 15.5. The number of para-hydroxylation sites is 1. The Balaban J connectivity index is 1.64. The number of carbonyl (C=O) groups excluding carboxylic acids is 3. The molecule has 6 nitrogen and oxygen atoms in total. The summed E-state index contributed by atoms with van der Waals surface area (Å²) in [5, 5.41) is 3.23. The van der Waals surface area contributed by atoms with Crippen molar-refractivity contribution >= 4 is 66.6 Å². The number of nitrogens with one attached hydrogen (secondary N) is 1. The fourth-order valence-electron chi connectivity index (χ4n) is 6.69. The van der Waals surface area contributed by atoms with Crippen molar-refractivity contribution in [2.75, 3.05) is 18.5 Å². The van der Waals surface area contributed by atoms with E-state index in [4.69, 9.17) is 16.3 Å². The van der Waals surface area contributed by atoms with Crippen LogP contribution in [0, 0.1) is 10.8 Å². The van der Waals surface area contributed by atoms with Crippen LogP contribution in [-0.2, 0) is 14.4 Å². The standard InChI is InChI=1S/C34H37Br2ClN2O4/c1-6-11-39-24-14-33(2,3)16-26(40)30(24)29(31-25(39)15-34(4,5)17-27(31)41)20-12-19(35)13-21(36)32(20)43-18-28(42)38-23-10-8-7-9-22(23)37/h7-10,12-13,29H,6,11,14-18H2,1-5H3,(H,38,42). The summed E-state index contributed by atoms with van der Waals surface area (Å²) in [6, 6.07) is 10.8. The van der Waals surface area contributed by atoms with E-state index in [0.29, 0.717) is 50.5 Å². The van der Waals surface area contributed by atoms with Crippen molar-refractivity contribution in [2.24, 2.45) is 10.8 Å². The van der Waals surface area contributed by atoms with Crippen molar-refractivity contribution in [2.45, 2.75) is 72.6 Å². The van der Waals surface area contributed by atoms with Crippen molar-refractivity contribution in [1.82, 2.24) is 4.90 Å². The highest BCUT2D eigenvalue weighted by Crippen LogP contribution is 2.56. The SMILES string of the molecule is CCCN1C2=C(C(=O)CC(C)(C)C2)C(c2cc(Br)cc(Br)c2OCC(=O)Nc2ccccc2Cl)C2=C1CC(C)(C)CC2=O. The van der Waals surface area contributed by atoms with Gasteiger partial charge in [0.25, 0.3) is 5.91 Å². The monoisotopic (exact) mass is 730 g/mol. The largest absolute Gasteiger partial charge is 0.482 e. The van der Waals surface area contributed by atoms with Crippen molar-refractivity contribution in [1.29, 1.82) is 0 Å². The smallest absolute Gasteiger partial charge is 0.262 e. The van der Waals surface area contributed by atoms with Crippen molar-refractivity contribution in [3.05, 3.63) is 78.5 Å². The Kier molecular flexibility index (Phi) is 9.05. The normalized spacial score (nSPS) is 19.8. The van der Waals surface area contributed by atoms with Crippen LogP contribution < -0.4 is 10.1 Å². The molecule has 1 N–H and O–H groups in total. The molecular formula is C34H37Br2ClN2O4. The molecule has 0 aromatic heterocycles. The Labute approximate surface area is 275 Å². The topological polar surface area (TPSA) is 75.7 Å². The van der Waals surface area contributed by atoms with E-state index in [2.05, 4.69) is 76.7 Å². The molecule has 0 unspecified atom stereocenters. The molecule has 3 aliphatic rings. The highest BCUT2D eigenvalue weighted by Gasteiger charge is 2.49. The molecular weight excluding hydrogens is 696 g/mol. The predicted molar refractivity (Wildman–Crippen MR) is 177 cm³/mol. The Morgan fingerprint density at radius 3 is 2.12 bits per heavy atom. The number of nitrogens with zero attached hydrogens (tertiary/aromatic N) is 1. The van der Waals surface area contributed by atoms with Gasteiger partial charge in [0.15, 0.2) is 18.2 Å². The second kappa shape index (κ2) is 12.2. The summed E-state index contributed by atoms with van der Waals surface area (Å²) in [7, 11) is 0. The second-order valence-electron chi connectivity index (χ2n) is 13.3. The maximum atomic E-state index is 14.1. The molecule has 43 heavy (non-hydrogen) atoms. The number of hydrogen-bond donors (Lipinski definition) is 1. The first-order valence-corrected chi connectivity index (χ1v) is 16.6. The Bertz CT molecular complexity index is 1520. The van der Waals surface area contributed by atoms with Gasteiger partial charge < -0.3 is 15.0 Å². The number of halogens is 3. The van der Waals surface area contributed by atoms with Crippen LogP contribution in [0.2, 0.25) is 5.02 Å². The zero-order valence-corrected chi connectivity index (χ0v) is 29.1. The maximum Gasteiger partial charge on any atom is 0.262 e. The number of hydrogen-bond acceptors (Lipinski definition) is 5. The Morgan fingerprint density at radius 2 is 1.56 bits per heavy atom. The third-order valence-electron chi connectivity index (χ3n) is 8.31. The van der Waals surface area contributed by atoms with Gasteiger partial charge in [-0.15, -0.1) is 0 Å². The Morgan fingerprint density at radius 1 is 0.977 bits per heavy atom. The number of amides is 1. The number of rotatable bonds is 7. The summed E-state index contributed by atoms with van der Waals surface area (Å²) in [6.45, 7) is 11.1. The molecule has 0 atom stereocenters. The van der Waals surface area contributed by atoms with E-state index in [-0.39, 0.29) is 34.9 Å². The van der Waals surface area contributed by atoms with Gasteiger partial charge in [0, 0.05) is 57.9 Å². The quantitative estimate of drug-likeness (QED) is 0.308. The van der Waals surface area contributed by atoms with E-state index in [0.717, 1.165) is 41.7 Å². The van der Waals surface area contributed by atoms with Crippen molar-refractivity contribution in [3.8, 4) is 5.75 Å². The van der Waals surface area contributed by atoms with E-state index < -0.39 is 5.92 Å². The van der Waals surface area contributed by atoms with Gasteiger partial charge in [-0.05, 0) is 70.3 Å². The van der Waals surface area contributed by atoms with Gasteiger partial charge in [-0.25, -0.2) is 0 Å². The summed E-state index contributed by atoms with van der Waals surface area (Å²) >= 11 is 13.5. The van der Waals surface area contributed by atoms with Gasteiger partial charge >= 0.3 is 0 Å². The fourth-order valence-corrected chi connectivity index (χ4v) is 8.24. The summed E-state index contributed by atoms with van der Waals surface area (Å²) in [5.74, 6) is -0.432. The molecule has 1 amide bonds. The molecule has 9 heteroatoms. The van der Waals surface area contributed by atoms with Crippen LogP contribution in [0.1, 0.15) is 78.2 Å². The molecule has 1 heterocycles. The average molecular weight is 733 g/mol. The average Bonchev–Trinajstić information content (AvgIpc) is 2.88. The van der Waals surface area contributed by atoms with E-state index in [9.17, 15) is 14.4 Å². The van der Waals surface area contributed by atoms with Crippen molar-refractivity contribution in [3.63, 3.8) is 0 Å². The molecule has 1 aliphatic heterocycles. The minimum atomic E-state index is -0.597. The highest BCUT2D eigenvalue weighted by atomic mass is 79.9. The van der Waals surface area contributed by atoms with Crippen LogP contribution in [0.3, 0.4) is 0 Å². The number of benzene rings is 2. The zero-order chi connectivity index (χ0) is 31.3. The first-order valence-electron chi connectivity index (χ1n) is 14.7. The van der Waals surface area contributed by atoms with Gasteiger partial charge in [0.2, 0.25) is 0 Å². The number of allylic oxidation sites excluding steroid dienone is 4. The fraction of sp³-hybridized carbons (Fsp3) is 0.441. The first-order chi connectivity index (χ1) is 20.2. The number of ether oxygens (including phenoxy) is 1. The molecule has 0 spiro atoms. The third kappa shape index (κ3) is 6.52. The summed E-state index contributed by atoms with van der Waals surface area (Å²) in [4.78, 5) is 43.5. The van der Waals surface area contributed by atoms with Crippen LogP contribution in [0.4, 0.5) is 5.69 Å². The van der Waals surface area contributed by atoms with Gasteiger partial charge in [0.1, 0.15) is 5.75 Å². The van der Waals surface area contributed by atoms with E-state index in [1.807, 2.05) is 12.1 Å². The van der Waals surface area contributed by atoms with Crippen LogP contribution in [-0.4, -0.2) is 35.5 Å². The molecule has 0 saturated heterocycles. The van der Waals surface area contributed by atoms with Crippen molar-refractivity contribution < 1.29 is 19.1 Å². The van der Waals surface area contributed by atoms with Crippen LogP contribution in [0.15, 0.2) is 67.9 Å². The molecule has 0 radical (unpaired) electrons. The molecule has 2 aliphatic carbocycles. The molecule has 0 saturated carbocycles. The molecule has 0 bridgehead atoms. The predicted octanol–water partition coefficient (Wildman–Crippen LogP) is 8.98. The third-order valence-corrected chi connectivity index (χ3v) is 9.69. The van der Waals surface area contributed by atoms with Gasteiger partial charge in [-0.2, -0.15) is 0 Å². The minimum absolute atomic E-state index is 0.0556. The first kappa shape index (κ1) is 32.0. The lowest BCUT2D eigenvalue weighted by Crippen LogP contribution is -2.44. The summed E-state index contributed by atoms with van der Waals surface area (Å²) < 4.78 is 7.63. The van der Waals surface area contributed by atoms with Gasteiger partial charge in [-0.1, -0.05) is 74.3 Å². The molecule has 2 aromatic rings.